The van der Waals surface area contributed by atoms with Crippen molar-refractivity contribution in [3.05, 3.63) is 11.1 Å². The van der Waals surface area contributed by atoms with Crippen LogP contribution in [0.3, 0.4) is 0 Å². The summed E-state index contributed by atoms with van der Waals surface area (Å²) in [5.41, 5.74) is 4.22. The van der Waals surface area contributed by atoms with E-state index in [0.29, 0.717) is 29.6 Å². The van der Waals surface area contributed by atoms with E-state index in [1.807, 2.05) is 12.7 Å². The molecule has 1 spiro atoms. The highest BCUT2D eigenvalue weighted by Gasteiger charge is 2.59. The quantitative estimate of drug-likeness (QED) is 0.497. The monoisotopic (exact) mass is 441 g/mol. The number of piperidine rings is 1. The van der Waals surface area contributed by atoms with Crippen LogP contribution in [0.2, 0.25) is 0 Å². The van der Waals surface area contributed by atoms with E-state index in [2.05, 4.69) is 33.0 Å². The van der Waals surface area contributed by atoms with Gasteiger partial charge in [-0.1, -0.05) is 31.9 Å². The molecule has 1 unspecified atom stereocenters. The van der Waals surface area contributed by atoms with Gasteiger partial charge in [-0.3, -0.25) is 0 Å². The van der Waals surface area contributed by atoms with Gasteiger partial charge in [-0.25, -0.2) is 0 Å². The van der Waals surface area contributed by atoms with Crippen LogP contribution < -0.4 is 5.32 Å². The Kier molecular flexibility index (Phi) is 5.40. The molecule has 2 saturated heterocycles. The maximum Gasteiger partial charge on any atom is 0.0765 e. The Morgan fingerprint density at radius 3 is 2.72 bits per heavy atom. The van der Waals surface area contributed by atoms with E-state index in [9.17, 15) is 0 Å². The topological polar surface area (TPSA) is 30.5 Å². The van der Waals surface area contributed by atoms with Crippen LogP contribution in [0, 0.1) is 40.9 Å². The SMILES string of the molecule is CO[C@@H]1CC[C@@]2(C)[C@H](CCC3[C@@H]4CC[C@@]5(CC(C)=C4C[C@@H]32)O[C@@H]2C[C@H](C)CN[C@H]2[C@H]5C)C1. The zero-order valence-electron chi connectivity index (χ0n) is 21.3. The number of nitrogens with one attached hydrogen (secondary N) is 1. The maximum atomic E-state index is 7.05. The van der Waals surface area contributed by atoms with E-state index in [4.69, 9.17) is 9.47 Å². The van der Waals surface area contributed by atoms with Crippen LogP contribution in [0.15, 0.2) is 11.1 Å². The Morgan fingerprint density at radius 1 is 1.06 bits per heavy atom. The van der Waals surface area contributed by atoms with Gasteiger partial charge in [0.25, 0.3) is 0 Å². The summed E-state index contributed by atoms with van der Waals surface area (Å²) in [5.74, 6) is 4.92. The molecule has 6 aliphatic rings. The molecule has 32 heavy (non-hydrogen) atoms. The summed E-state index contributed by atoms with van der Waals surface area (Å²) in [5, 5.41) is 3.88. The third-order valence-electron chi connectivity index (χ3n) is 11.9. The van der Waals surface area contributed by atoms with Gasteiger partial charge in [0, 0.05) is 19.1 Å². The van der Waals surface area contributed by atoms with Gasteiger partial charge in [-0.2, -0.15) is 0 Å². The zero-order valence-corrected chi connectivity index (χ0v) is 21.3. The van der Waals surface area contributed by atoms with E-state index >= 15 is 0 Å². The lowest BCUT2D eigenvalue weighted by Gasteiger charge is -2.54. The van der Waals surface area contributed by atoms with Crippen molar-refractivity contribution in [2.75, 3.05) is 13.7 Å². The lowest BCUT2D eigenvalue weighted by molar-refractivity contribution is -0.0841. The largest absolute Gasteiger partial charge is 0.381 e. The molecule has 3 heteroatoms. The Labute approximate surface area is 196 Å². The Hall–Kier alpha value is -0.380. The molecule has 11 atom stereocenters. The standard InChI is InChI=1S/C29H47NO2/c1-17-12-26-27(30-16-17)19(3)29(32-26)11-9-22-23-7-6-20-13-21(31-5)8-10-28(20,4)25(23)14-24(22)18(2)15-29/h17,19-23,25-27,30H,6-16H2,1-5H3/t17-,19+,20+,21+,22-,23?,25-,26+,27-,28-,29-/m0/s1. The smallest absolute Gasteiger partial charge is 0.0765 e. The molecule has 0 radical (unpaired) electrons. The van der Waals surface area contributed by atoms with Crippen LogP contribution in [-0.4, -0.2) is 37.5 Å². The molecule has 2 aliphatic heterocycles. The lowest BCUT2D eigenvalue weighted by Crippen LogP contribution is -2.48. The Bertz CT molecular complexity index is 777. The lowest BCUT2D eigenvalue weighted by atomic mass is 9.52. The van der Waals surface area contributed by atoms with Crippen LogP contribution in [-0.2, 0) is 9.47 Å². The van der Waals surface area contributed by atoms with Crippen molar-refractivity contribution in [3.8, 4) is 0 Å². The number of hydrogen-bond acceptors (Lipinski definition) is 3. The van der Waals surface area contributed by atoms with Gasteiger partial charge in [0.1, 0.15) is 0 Å². The average molecular weight is 442 g/mol. The van der Waals surface area contributed by atoms with Crippen LogP contribution in [0.25, 0.3) is 0 Å². The van der Waals surface area contributed by atoms with Gasteiger partial charge in [0.15, 0.2) is 0 Å². The first-order valence-electron chi connectivity index (χ1n) is 14.0. The molecule has 0 amide bonds. The van der Waals surface area contributed by atoms with E-state index in [0.717, 1.165) is 29.6 Å². The molecule has 1 N–H and O–H groups in total. The average Bonchev–Trinajstić information content (AvgIpc) is 3.23. The van der Waals surface area contributed by atoms with Crippen molar-refractivity contribution in [3.63, 3.8) is 0 Å². The van der Waals surface area contributed by atoms with Crippen molar-refractivity contribution < 1.29 is 9.47 Å². The molecule has 180 valence electrons. The summed E-state index contributed by atoms with van der Waals surface area (Å²) in [6, 6.07) is 0.569. The summed E-state index contributed by atoms with van der Waals surface area (Å²) in [6.07, 6.45) is 14.3. The van der Waals surface area contributed by atoms with Crippen molar-refractivity contribution in [1.82, 2.24) is 5.32 Å². The molecule has 3 saturated carbocycles. The van der Waals surface area contributed by atoms with Gasteiger partial charge >= 0.3 is 0 Å². The minimum absolute atomic E-state index is 0.0843. The van der Waals surface area contributed by atoms with Crippen LogP contribution in [0.1, 0.15) is 91.9 Å². The molecule has 0 bridgehead atoms. The zero-order chi connectivity index (χ0) is 22.3. The minimum atomic E-state index is 0.0843. The summed E-state index contributed by atoms with van der Waals surface area (Å²) in [7, 11) is 1.93. The van der Waals surface area contributed by atoms with Crippen LogP contribution in [0.4, 0.5) is 0 Å². The fourth-order valence-corrected chi connectivity index (χ4v) is 10.00. The van der Waals surface area contributed by atoms with Crippen molar-refractivity contribution >= 4 is 0 Å². The normalized spacial score (nSPS) is 55.2. The predicted molar refractivity (Wildman–Crippen MR) is 129 cm³/mol. The highest BCUT2D eigenvalue weighted by atomic mass is 16.5. The fraction of sp³-hybridized carbons (Fsp3) is 0.931. The number of rotatable bonds is 1. The molecule has 0 aromatic rings. The summed E-state index contributed by atoms with van der Waals surface area (Å²) < 4.78 is 12.9. The maximum absolute atomic E-state index is 7.05. The van der Waals surface area contributed by atoms with Crippen molar-refractivity contribution in [2.24, 2.45) is 40.9 Å². The Balaban J connectivity index is 1.26. The highest BCUT2D eigenvalue weighted by Crippen LogP contribution is 2.65. The van der Waals surface area contributed by atoms with Gasteiger partial charge in [0.05, 0.1) is 17.8 Å². The van der Waals surface area contributed by atoms with Gasteiger partial charge in [-0.15, -0.1) is 0 Å². The number of fused-ring (bicyclic) bond motifs is 6. The van der Waals surface area contributed by atoms with E-state index in [1.54, 1.807) is 5.57 Å². The Morgan fingerprint density at radius 2 is 1.91 bits per heavy atom. The number of hydrogen-bond donors (Lipinski definition) is 1. The third-order valence-corrected chi connectivity index (χ3v) is 11.9. The number of methoxy groups -OCH3 is 1. The van der Waals surface area contributed by atoms with Gasteiger partial charge in [-0.05, 0) is 113 Å². The van der Waals surface area contributed by atoms with E-state index in [1.165, 1.54) is 70.8 Å². The molecule has 4 aliphatic carbocycles. The van der Waals surface area contributed by atoms with E-state index in [-0.39, 0.29) is 5.60 Å². The fourth-order valence-electron chi connectivity index (χ4n) is 10.00. The minimum Gasteiger partial charge on any atom is -0.381 e. The number of ether oxygens (including phenoxy) is 2. The first-order chi connectivity index (χ1) is 15.3. The molecule has 5 fully saturated rings. The van der Waals surface area contributed by atoms with Gasteiger partial charge in [0.2, 0.25) is 0 Å². The summed E-state index contributed by atoms with van der Waals surface area (Å²) in [6.45, 7) is 11.2. The first kappa shape index (κ1) is 22.1. The molecule has 0 aromatic heterocycles. The first-order valence-corrected chi connectivity index (χ1v) is 14.0. The van der Waals surface area contributed by atoms with E-state index < -0.39 is 0 Å². The highest BCUT2D eigenvalue weighted by molar-refractivity contribution is 5.29. The molecule has 2 heterocycles. The van der Waals surface area contributed by atoms with Gasteiger partial charge < -0.3 is 14.8 Å². The second kappa shape index (κ2) is 7.82. The molecule has 0 aromatic carbocycles. The van der Waals surface area contributed by atoms with Crippen molar-refractivity contribution in [1.29, 1.82) is 0 Å². The number of allylic oxidation sites excluding steroid dienone is 1. The molecular weight excluding hydrogens is 394 g/mol. The summed E-state index contributed by atoms with van der Waals surface area (Å²) >= 11 is 0. The second-order valence-corrected chi connectivity index (χ2v) is 13.3. The molecular formula is C29H47NO2. The predicted octanol–water partition coefficient (Wildman–Crippen LogP) is 6.13. The third kappa shape index (κ3) is 3.16. The molecule has 6 rings (SSSR count). The second-order valence-electron chi connectivity index (χ2n) is 13.3. The van der Waals surface area contributed by atoms with Crippen molar-refractivity contribution in [2.45, 2.75) is 116 Å². The molecule has 3 nitrogen and oxygen atoms in total. The van der Waals surface area contributed by atoms with Crippen LogP contribution >= 0.6 is 0 Å². The summed E-state index contributed by atoms with van der Waals surface area (Å²) in [4.78, 5) is 0. The van der Waals surface area contributed by atoms with Crippen LogP contribution in [0.5, 0.6) is 0 Å².